The minimum absolute atomic E-state index is 0.0395. The van der Waals surface area contributed by atoms with Crippen molar-refractivity contribution in [2.45, 2.75) is 91.8 Å². The van der Waals surface area contributed by atoms with Gasteiger partial charge in [0, 0.05) is 19.8 Å². The van der Waals surface area contributed by atoms with Crippen LogP contribution in [-0.2, 0) is 33.3 Å². The Morgan fingerprint density at radius 2 is 1.56 bits per heavy atom. The number of esters is 3. The highest BCUT2D eigenvalue weighted by Gasteiger charge is 2.64. The first-order chi connectivity index (χ1) is 12.4. The Kier molecular flexibility index (Phi) is 6.24. The highest BCUT2D eigenvalue weighted by molar-refractivity contribution is 5.75. The summed E-state index contributed by atoms with van der Waals surface area (Å²) >= 11 is 0. The summed E-state index contributed by atoms with van der Waals surface area (Å²) in [5.41, 5.74) is -1.52. The third-order valence-corrected chi connectivity index (χ3v) is 5.62. The zero-order chi connectivity index (χ0) is 20.6. The van der Waals surface area contributed by atoms with Crippen molar-refractivity contribution in [3.05, 3.63) is 0 Å². The summed E-state index contributed by atoms with van der Waals surface area (Å²) < 4.78 is 22.9. The average molecular weight is 384 g/mol. The zero-order valence-electron chi connectivity index (χ0n) is 17.4. The molecule has 1 heterocycles. The van der Waals surface area contributed by atoms with Crippen LogP contribution in [0.3, 0.4) is 0 Å². The van der Waals surface area contributed by atoms with Gasteiger partial charge in [0.25, 0.3) is 0 Å². The van der Waals surface area contributed by atoms with Crippen LogP contribution in [0.5, 0.6) is 0 Å². The van der Waals surface area contributed by atoms with E-state index in [1.807, 2.05) is 13.8 Å². The molecule has 0 bridgehead atoms. The second kappa shape index (κ2) is 7.78. The van der Waals surface area contributed by atoms with Crippen LogP contribution in [0.4, 0.5) is 0 Å². The second-order valence-electron chi connectivity index (χ2n) is 8.79. The van der Waals surface area contributed by atoms with Crippen molar-refractivity contribution >= 4 is 17.9 Å². The van der Waals surface area contributed by atoms with Gasteiger partial charge in [0.15, 0.2) is 6.10 Å². The van der Waals surface area contributed by atoms with Crippen molar-refractivity contribution in [3.8, 4) is 0 Å². The largest absolute Gasteiger partial charge is 0.459 e. The van der Waals surface area contributed by atoms with Crippen molar-refractivity contribution in [3.63, 3.8) is 0 Å². The number of rotatable bonds is 3. The summed E-state index contributed by atoms with van der Waals surface area (Å²) in [6, 6.07) is 0. The standard InChI is InChI=1S/C20H32O7/c1-11-9-8-10-15(26-18(23)19(5,6)7)20(11)12(2)16(24-13(3)21)17(27-20)25-14(4)22/h11-12,15-17H,8-10H2,1-7H3/t11-,12-,15+,16?,17?,20?/m1/s1. The van der Waals surface area contributed by atoms with Gasteiger partial charge < -0.3 is 18.9 Å². The number of ether oxygens (including phenoxy) is 4. The van der Waals surface area contributed by atoms with Gasteiger partial charge in [-0.3, -0.25) is 14.4 Å². The maximum Gasteiger partial charge on any atom is 0.311 e. The summed E-state index contributed by atoms with van der Waals surface area (Å²) in [5.74, 6) is -1.57. The Hall–Kier alpha value is -1.63. The van der Waals surface area contributed by atoms with Gasteiger partial charge in [-0.05, 0) is 46.0 Å². The summed E-state index contributed by atoms with van der Waals surface area (Å²) in [5, 5.41) is 0. The fraction of sp³-hybridized carbons (Fsp3) is 0.850. The fourth-order valence-electron chi connectivity index (χ4n) is 4.24. The molecule has 2 aliphatic rings. The molecular weight excluding hydrogens is 352 g/mol. The van der Waals surface area contributed by atoms with E-state index < -0.39 is 41.5 Å². The molecule has 1 aliphatic carbocycles. The fourth-order valence-corrected chi connectivity index (χ4v) is 4.24. The molecule has 1 saturated carbocycles. The minimum atomic E-state index is -1.02. The van der Waals surface area contributed by atoms with E-state index in [0.717, 1.165) is 12.8 Å². The molecule has 0 radical (unpaired) electrons. The third-order valence-electron chi connectivity index (χ3n) is 5.62. The lowest BCUT2D eigenvalue weighted by atomic mass is 9.67. The van der Waals surface area contributed by atoms with Crippen molar-refractivity contribution in [2.24, 2.45) is 17.3 Å². The average Bonchev–Trinajstić information content (AvgIpc) is 2.77. The molecule has 0 N–H and O–H groups in total. The van der Waals surface area contributed by atoms with Gasteiger partial charge in [0.05, 0.1) is 5.41 Å². The molecule has 7 nitrogen and oxygen atoms in total. The van der Waals surface area contributed by atoms with Crippen LogP contribution in [0, 0.1) is 17.3 Å². The molecule has 1 spiro atoms. The minimum Gasteiger partial charge on any atom is -0.459 e. The molecule has 3 unspecified atom stereocenters. The molecule has 0 aromatic heterocycles. The number of carbonyl (C=O) groups excluding carboxylic acids is 3. The van der Waals surface area contributed by atoms with Gasteiger partial charge >= 0.3 is 17.9 Å². The van der Waals surface area contributed by atoms with Crippen molar-refractivity contribution in [1.29, 1.82) is 0 Å². The summed E-state index contributed by atoms with van der Waals surface area (Å²) in [6.45, 7) is 11.9. The van der Waals surface area contributed by atoms with Gasteiger partial charge in [-0.15, -0.1) is 0 Å². The van der Waals surface area contributed by atoms with E-state index in [2.05, 4.69) is 0 Å². The van der Waals surface area contributed by atoms with E-state index in [1.165, 1.54) is 13.8 Å². The van der Waals surface area contributed by atoms with Crippen LogP contribution in [0.1, 0.15) is 67.7 Å². The first-order valence-corrected chi connectivity index (χ1v) is 9.63. The SMILES string of the molecule is CC(=O)OC1OC2([C@H](C)CCC[C@@H]2OC(=O)C(C)(C)C)[C@H](C)C1OC(C)=O. The van der Waals surface area contributed by atoms with Crippen LogP contribution < -0.4 is 0 Å². The quantitative estimate of drug-likeness (QED) is 0.546. The van der Waals surface area contributed by atoms with Gasteiger partial charge in [-0.2, -0.15) is 0 Å². The van der Waals surface area contributed by atoms with Gasteiger partial charge in [-0.1, -0.05) is 13.8 Å². The van der Waals surface area contributed by atoms with E-state index in [-0.39, 0.29) is 17.8 Å². The lowest BCUT2D eigenvalue weighted by Crippen LogP contribution is -2.57. The highest BCUT2D eigenvalue weighted by atomic mass is 16.7. The monoisotopic (exact) mass is 384 g/mol. The van der Waals surface area contributed by atoms with E-state index in [1.54, 1.807) is 20.8 Å². The van der Waals surface area contributed by atoms with E-state index in [0.29, 0.717) is 6.42 Å². The number of hydrogen-bond donors (Lipinski definition) is 0. The van der Waals surface area contributed by atoms with Crippen molar-refractivity contribution < 1.29 is 33.3 Å². The Bertz CT molecular complexity index is 594. The first-order valence-electron chi connectivity index (χ1n) is 9.63. The predicted octanol–water partition coefficient (Wildman–Crippen LogP) is 2.99. The molecule has 2 rings (SSSR count). The van der Waals surface area contributed by atoms with E-state index >= 15 is 0 Å². The topological polar surface area (TPSA) is 88.1 Å². The van der Waals surface area contributed by atoms with E-state index in [9.17, 15) is 14.4 Å². The molecule has 0 aromatic carbocycles. The normalized spacial score (nSPS) is 36.3. The molecule has 1 aliphatic heterocycles. The Morgan fingerprint density at radius 1 is 0.963 bits per heavy atom. The zero-order valence-corrected chi connectivity index (χ0v) is 17.4. The lowest BCUT2D eigenvalue weighted by molar-refractivity contribution is -0.242. The molecule has 27 heavy (non-hydrogen) atoms. The van der Waals surface area contributed by atoms with Crippen LogP contribution in [0.15, 0.2) is 0 Å². The van der Waals surface area contributed by atoms with Crippen LogP contribution in [0.2, 0.25) is 0 Å². The van der Waals surface area contributed by atoms with Crippen LogP contribution >= 0.6 is 0 Å². The molecule has 0 aromatic rings. The van der Waals surface area contributed by atoms with Crippen molar-refractivity contribution in [1.82, 2.24) is 0 Å². The summed E-state index contributed by atoms with van der Waals surface area (Å²) in [6.07, 6.45) is 0.170. The first kappa shape index (κ1) is 21.7. The molecule has 6 atom stereocenters. The number of carbonyl (C=O) groups is 3. The van der Waals surface area contributed by atoms with Crippen LogP contribution in [0.25, 0.3) is 0 Å². The molecule has 0 amide bonds. The summed E-state index contributed by atoms with van der Waals surface area (Å²) in [4.78, 5) is 35.7. The third kappa shape index (κ3) is 4.28. The lowest BCUT2D eigenvalue weighted by Gasteiger charge is -2.47. The maximum absolute atomic E-state index is 12.6. The van der Waals surface area contributed by atoms with Crippen molar-refractivity contribution in [2.75, 3.05) is 0 Å². The number of hydrogen-bond acceptors (Lipinski definition) is 7. The molecule has 7 heteroatoms. The van der Waals surface area contributed by atoms with Gasteiger partial charge in [-0.25, -0.2) is 0 Å². The van der Waals surface area contributed by atoms with Crippen LogP contribution in [-0.4, -0.2) is 42.0 Å². The molecular formula is C20H32O7. The smallest absolute Gasteiger partial charge is 0.311 e. The maximum atomic E-state index is 12.6. The Labute approximate surface area is 161 Å². The molecule has 154 valence electrons. The van der Waals surface area contributed by atoms with Gasteiger partial charge in [0.2, 0.25) is 6.29 Å². The van der Waals surface area contributed by atoms with E-state index in [4.69, 9.17) is 18.9 Å². The second-order valence-corrected chi connectivity index (χ2v) is 8.79. The molecule has 2 fully saturated rings. The highest BCUT2D eigenvalue weighted by Crippen LogP contribution is 2.51. The molecule has 1 saturated heterocycles. The van der Waals surface area contributed by atoms with Gasteiger partial charge in [0.1, 0.15) is 11.7 Å². The Balaban J connectivity index is 2.39. The Morgan fingerprint density at radius 3 is 2.07 bits per heavy atom. The predicted molar refractivity (Wildman–Crippen MR) is 96.4 cm³/mol. The summed E-state index contributed by atoms with van der Waals surface area (Å²) in [7, 11) is 0.